The summed E-state index contributed by atoms with van der Waals surface area (Å²) < 4.78 is 5.69. The molecular formula is C12H11N3OS. The topological polar surface area (TPSA) is 51.0 Å². The summed E-state index contributed by atoms with van der Waals surface area (Å²) in [6.07, 6.45) is 0. The van der Waals surface area contributed by atoms with Gasteiger partial charge in [-0.05, 0) is 19.1 Å². The molecule has 2 heterocycles. The van der Waals surface area contributed by atoms with Gasteiger partial charge >= 0.3 is 0 Å². The highest BCUT2D eigenvalue weighted by Gasteiger charge is 2.04. The Bertz CT molecular complexity index is 611. The van der Waals surface area contributed by atoms with E-state index in [1.165, 1.54) is 11.3 Å². The van der Waals surface area contributed by atoms with Crippen molar-refractivity contribution in [1.29, 1.82) is 0 Å². The van der Waals surface area contributed by atoms with Crippen LogP contribution in [0.2, 0.25) is 0 Å². The highest BCUT2D eigenvalue weighted by atomic mass is 32.1. The standard InChI is InChI=1S/C12H11N3OS/c1-8-14-15-12(17-8)13-7-10-6-9-4-2-3-5-11(9)16-10/h2-6H,7H2,1H3,(H,13,15). The second-order valence-electron chi connectivity index (χ2n) is 3.73. The van der Waals surface area contributed by atoms with Crippen LogP contribution in [0.5, 0.6) is 0 Å². The Morgan fingerprint density at radius 1 is 1.29 bits per heavy atom. The molecule has 0 atom stereocenters. The van der Waals surface area contributed by atoms with Crippen molar-refractivity contribution in [1.82, 2.24) is 10.2 Å². The number of furan rings is 1. The molecule has 0 saturated heterocycles. The Kier molecular flexibility index (Phi) is 2.53. The molecule has 0 aliphatic carbocycles. The second-order valence-corrected chi connectivity index (χ2v) is 4.91. The van der Waals surface area contributed by atoms with E-state index in [0.717, 1.165) is 26.9 Å². The molecule has 2 aromatic heterocycles. The molecule has 0 unspecified atom stereocenters. The van der Waals surface area contributed by atoms with Crippen LogP contribution in [-0.2, 0) is 6.54 Å². The third-order valence-electron chi connectivity index (χ3n) is 2.42. The quantitative estimate of drug-likeness (QED) is 0.769. The normalized spacial score (nSPS) is 10.9. The maximum absolute atomic E-state index is 5.69. The maximum Gasteiger partial charge on any atom is 0.206 e. The first kappa shape index (κ1) is 10.3. The summed E-state index contributed by atoms with van der Waals surface area (Å²) in [6, 6.07) is 10.0. The van der Waals surface area contributed by atoms with Crippen molar-refractivity contribution in [3.8, 4) is 0 Å². The molecular weight excluding hydrogens is 234 g/mol. The predicted molar refractivity (Wildman–Crippen MR) is 68.2 cm³/mol. The lowest BCUT2D eigenvalue weighted by atomic mass is 10.2. The molecule has 86 valence electrons. The van der Waals surface area contributed by atoms with Gasteiger partial charge in [0, 0.05) is 5.39 Å². The van der Waals surface area contributed by atoms with Crippen LogP contribution in [0.15, 0.2) is 34.7 Å². The van der Waals surface area contributed by atoms with Crippen molar-refractivity contribution in [3.63, 3.8) is 0 Å². The zero-order valence-electron chi connectivity index (χ0n) is 9.30. The molecule has 0 spiro atoms. The van der Waals surface area contributed by atoms with Crippen LogP contribution in [-0.4, -0.2) is 10.2 Å². The Hall–Kier alpha value is -1.88. The average Bonchev–Trinajstić information content (AvgIpc) is 2.91. The summed E-state index contributed by atoms with van der Waals surface area (Å²) >= 11 is 1.54. The van der Waals surface area contributed by atoms with E-state index in [2.05, 4.69) is 15.5 Å². The SMILES string of the molecule is Cc1nnc(NCc2cc3ccccc3o2)s1. The van der Waals surface area contributed by atoms with E-state index >= 15 is 0 Å². The molecule has 0 aliphatic rings. The molecule has 1 N–H and O–H groups in total. The Morgan fingerprint density at radius 3 is 2.94 bits per heavy atom. The summed E-state index contributed by atoms with van der Waals surface area (Å²) in [6.45, 7) is 2.56. The monoisotopic (exact) mass is 245 g/mol. The first-order valence-electron chi connectivity index (χ1n) is 5.33. The maximum atomic E-state index is 5.69. The lowest BCUT2D eigenvalue weighted by Crippen LogP contribution is -1.97. The first-order chi connectivity index (χ1) is 8.31. The molecule has 0 radical (unpaired) electrons. The number of anilines is 1. The molecule has 0 bridgehead atoms. The van der Waals surface area contributed by atoms with Gasteiger partial charge in [0.05, 0.1) is 6.54 Å². The van der Waals surface area contributed by atoms with Gasteiger partial charge < -0.3 is 9.73 Å². The summed E-state index contributed by atoms with van der Waals surface area (Å²) in [5.74, 6) is 0.902. The number of nitrogens with zero attached hydrogens (tertiary/aromatic N) is 2. The van der Waals surface area contributed by atoms with E-state index in [4.69, 9.17) is 4.42 Å². The van der Waals surface area contributed by atoms with E-state index in [-0.39, 0.29) is 0 Å². The summed E-state index contributed by atoms with van der Waals surface area (Å²) in [7, 11) is 0. The molecule has 3 aromatic rings. The van der Waals surface area contributed by atoms with Crippen LogP contribution in [0.1, 0.15) is 10.8 Å². The minimum absolute atomic E-state index is 0.628. The predicted octanol–water partition coefficient (Wildman–Crippen LogP) is 3.20. The number of rotatable bonds is 3. The van der Waals surface area contributed by atoms with Crippen molar-refractivity contribution in [3.05, 3.63) is 41.1 Å². The van der Waals surface area contributed by atoms with Gasteiger partial charge in [-0.25, -0.2) is 0 Å². The molecule has 0 saturated carbocycles. The molecule has 1 aromatic carbocycles. The van der Waals surface area contributed by atoms with Crippen LogP contribution < -0.4 is 5.32 Å². The van der Waals surface area contributed by atoms with Crippen molar-refractivity contribution in [2.24, 2.45) is 0 Å². The van der Waals surface area contributed by atoms with Gasteiger partial charge in [0.15, 0.2) is 0 Å². The zero-order valence-corrected chi connectivity index (χ0v) is 10.1. The highest BCUT2D eigenvalue weighted by molar-refractivity contribution is 7.15. The van der Waals surface area contributed by atoms with Gasteiger partial charge in [0.2, 0.25) is 5.13 Å². The van der Waals surface area contributed by atoms with E-state index in [0.29, 0.717) is 6.54 Å². The molecule has 0 fully saturated rings. The lowest BCUT2D eigenvalue weighted by molar-refractivity contribution is 0.559. The minimum Gasteiger partial charge on any atom is -0.459 e. The van der Waals surface area contributed by atoms with Crippen LogP contribution >= 0.6 is 11.3 Å². The fraction of sp³-hybridized carbons (Fsp3) is 0.167. The molecule has 0 amide bonds. The Labute approximate surface area is 102 Å². The fourth-order valence-electron chi connectivity index (χ4n) is 1.65. The van der Waals surface area contributed by atoms with Crippen LogP contribution in [0, 0.1) is 6.92 Å². The molecule has 0 aliphatic heterocycles. The zero-order chi connectivity index (χ0) is 11.7. The van der Waals surface area contributed by atoms with E-state index in [9.17, 15) is 0 Å². The van der Waals surface area contributed by atoms with E-state index < -0.39 is 0 Å². The first-order valence-corrected chi connectivity index (χ1v) is 6.14. The third kappa shape index (κ3) is 2.14. The van der Waals surface area contributed by atoms with Crippen LogP contribution in [0.4, 0.5) is 5.13 Å². The number of aryl methyl sites for hydroxylation is 1. The van der Waals surface area contributed by atoms with Crippen molar-refractivity contribution in [2.75, 3.05) is 5.32 Å². The molecule has 17 heavy (non-hydrogen) atoms. The molecule has 3 rings (SSSR count). The number of hydrogen-bond acceptors (Lipinski definition) is 5. The lowest BCUT2D eigenvalue weighted by Gasteiger charge is -1.96. The van der Waals surface area contributed by atoms with Gasteiger partial charge in [0.1, 0.15) is 16.4 Å². The summed E-state index contributed by atoms with van der Waals surface area (Å²) in [5.41, 5.74) is 0.915. The number of nitrogens with one attached hydrogen (secondary N) is 1. The number of fused-ring (bicyclic) bond motifs is 1. The van der Waals surface area contributed by atoms with Crippen molar-refractivity contribution >= 4 is 27.4 Å². The molecule has 4 nitrogen and oxygen atoms in total. The number of aromatic nitrogens is 2. The van der Waals surface area contributed by atoms with Crippen molar-refractivity contribution < 1.29 is 4.42 Å². The summed E-state index contributed by atoms with van der Waals surface area (Å²) in [5, 5.41) is 14.0. The Balaban J connectivity index is 1.76. The highest BCUT2D eigenvalue weighted by Crippen LogP contribution is 2.20. The number of hydrogen-bond donors (Lipinski definition) is 1. The van der Waals surface area contributed by atoms with Gasteiger partial charge in [-0.2, -0.15) is 0 Å². The average molecular weight is 245 g/mol. The van der Waals surface area contributed by atoms with Gasteiger partial charge in [-0.1, -0.05) is 29.5 Å². The van der Waals surface area contributed by atoms with Crippen LogP contribution in [0.3, 0.4) is 0 Å². The molecule has 5 heteroatoms. The smallest absolute Gasteiger partial charge is 0.206 e. The minimum atomic E-state index is 0.628. The van der Waals surface area contributed by atoms with Gasteiger partial charge in [-0.15, -0.1) is 10.2 Å². The largest absolute Gasteiger partial charge is 0.459 e. The van der Waals surface area contributed by atoms with Crippen molar-refractivity contribution in [2.45, 2.75) is 13.5 Å². The fourth-order valence-corrected chi connectivity index (χ4v) is 2.24. The van der Waals surface area contributed by atoms with Gasteiger partial charge in [-0.3, -0.25) is 0 Å². The summed E-state index contributed by atoms with van der Waals surface area (Å²) in [4.78, 5) is 0. The third-order valence-corrected chi connectivity index (χ3v) is 3.21. The van der Waals surface area contributed by atoms with E-state index in [1.807, 2.05) is 37.3 Å². The second kappa shape index (κ2) is 4.18. The van der Waals surface area contributed by atoms with E-state index in [1.54, 1.807) is 0 Å². The van der Waals surface area contributed by atoms with Crippen LogP contribution in [0.25, 0.3) is 11.0 Å². The van der Waals surface area contributed by atoms with Gasteiger partial charge in [0.25, 0.3) is 0 Å². The Morgan fingerprint density at radius 2 is 2.18 bits per heavy atom. The number of benzene rings is 1. The number of para-hydroxylation sites is 1.